The minimum absolute atomic E-state index is 0.287. The van der Waals surface area contributed by atoms with Crippen molar-refractivity contribution < 1.29 is 5.11 Å². The standard InChI is InChI=1S/C16H27ClN2O/c1-3-9-18-13-14-7-8-15(12-16(14)17)19(2)10-5-4-6-11-20/h7-8,12,18,20H,3-6,9-11,13H2,1-2H3. The lowest BCUT2D eigenvalue weighted by Crippen LogP contribution is -2.19. The predicted molar refractivity (Wildman–Crippen MR) is 87.7 cm³/mol. The van der Waals surface area contributed by atoms with Gasteiger partial charge >= 0.3 is 0 Å². The number of unbranched alkanes of at least 4 members (excludes halogenated alkanes) is 2. The molecule has 0 aliphatic heterocycles. The van der Waals surface area contributed by atoms with E-state index < -0.39 is 0 Å². The Kier molecular flexibility index (Phi) is 8.67. The monoisotopic (exact) mass is 298 g/mol. The van der Waals surface area contributed by atoms with E-state index in [9.17, 15) is 0 Å². The van der Waals surface area contributed by atoms with Crippen LogP contribution in [-0.4, -0.2) is 31.9 Å². The zero-order valence-corrected chi connectivity index (χ0v) is 13.4. The van der Waals surface area contributed by atoms with Gasteiger partial charge in [-0.1, -0.05) is 24.6 Å². The Bertz CT molecular complexity index is 385. The zero-order valence-electron chi connectivity index (χ0n) is 12.7. The Hall–Kier alpha value is -0.770. The topological polar surface area (TPSA) is 35.5 Å². The van der Waals surface area contributed by atoms with Gasteiger partial charge in [0.25, 0.3) is 0 Å². The number of aliphatic hydroxyl groups is 1. The minimum Gasteiger partial charge on any atom is -0.396 e. The molecular formula is C16H27ClN2O. The summed E-state index contributed by atoms with van der Waals surface area (Å²) in [4.78, 5) is 2.21. The second-order valence-corrected chi connectivity index (χ2v) is 5.57. The average Bonchev–Trinajstić information content (AvgIpc) is 2.45. The van der Waals surface area contributed by atoms with Crippen molar-refractivity contribution in [3.63, 3.8) is 0 Å². The molecule has 0 aromatic heterocycles. The van der Waals surface area contributed by atoms with Gasteiger partial charge in [0.15, 0.2) is 0 Å². The van der Waals surface area contributed by atoms with E-state index in [0.29, 0.717) is 0 Å². The number of anilines is 1. The molecular weight excluding hydrogens is 272 g/mol. The molecule has 0 spiro atoms. The Labute approximate surface area is 127 Å². The molecule has 0 heterocycles. The fourth-order valence-corrected chi connectivity index (χ4v) is 2.33. The maximum Gasteiger partial charge on any atom is 0.0471 e. The van der Waals surface area contributed by atoms with Gasteiger partial charge < -0.3 is 15.3 Å². The SMILES string of the molecule is CCCNCc1ccc(N(C)CCCCCO)cc1Cl. The summed E-state index contributed by atoms with van der Waals surface area (Å²) < 4.78 is 0. The minimum atomic E-state index is 0.287. The van der Waals surface area contributed by atoms with Crippen LogP contribution in [0.25, 0.3) is 0 Å². The van der Waals surface area contributed by atoms with E-state index in [2.05, 4.69) is 36.3 Å². The van der Waals surface area contributed by atoms with Crippen LogP contribution in [0.4, 0.5) is 5.69 Å². The highest BCUT2D eigenvalue weighted by Gasteiger charge is 2.05. The lowest BCUT2D eigenvalue weighted by atomic mass is 10.1. The maximum atomic E-state index is 8.77. The number of hydrogen-bond donors (Lipinski definition) is 2. The van der Waals surface area contributed by atoms with Crippen LogP contribution in [0, 0.1) is 0 Å². The Balaban J connectivity index is 2.48. The van der Waals surface area contributed by atoms with Crippen LogP contribution in [0.1, 0.15) is 38.2 Å². The lowest BCUT2D eigenvalue weighted by molar-refractivity contribution is 0.283. The molecule has 1 rings (SSSR count). The van der Waals surface area contributed by atoms with Crippen LogP contribution in [0.15, 0.2) is 18.2 Å². The van der Waals surface area contributed by atoms with Crippen LogP contribution in [0.5, 0.6) is 0 Å². The van der Waals surface area contributed by atoms with E-state index in [1.165, 1.54) is 0 Å². The molecule has 4 heteroatoms. The summed E-state index contributed by atoms with van der Waals surface area (Å²) in [7, 11) is 2.08. The van der Waals surface area contributed by atoms with E-state index >= 15 is 0 Å². The van der Waals surface area contributed by atoms with Crippen molar-refractivity contribution in [2.45, 2.75) is 39.2 Å². The largest absolute Gasteiger partial charge is 0.396 e. The molecule has 0 aliphatic rings. The molecule has 1 aromatic carbocycles. The van der Waals surface area contributed by atoms with Gasteiger partial charge in [0, 0.05) is 37.5 Å². The average molecular weight is 299 g/mol. The molecule has 3 nitrogen and oxygen atoms in total. The van der Waals surface area contributed by atoms with Crippen molar-refractivity contribution >= 4 is 17.3 Å². The molecule has 0 fully saturated rings. The summed E-state index contributed by atoms with van der Waals surface area (Å²) in [5.74, 6) is 0. The van der Waals surface area contributed by atoms with E-state index in [4.69, 9.17) is 16.7 Å². The Morgan fingerprint density at radius 2 is 2.05 bits per heavy atom. The number of aliphatic hydroxyl groups excluding tert-OH is 1. The van der Waals surface area contributed by atoms with E-state index in [1.54, 1.807) is 0 Å². The van der Waals surface area contributed by atoms with E-state index in [0.717, 1.165) is 61.6 Å². The highest BCUT2D eigenvalue weighted by Crippen LogP contribution is 2.23. The maximum absolute atomic E-state index is 8.77. The van der Waals surface area contributed by atoms with Crippen molar-refractivity contribution in [3.8, 4) is 0 Å². The first kappa shape index (κ1) is 17.3. The molecule has 0 atom stereocenters. The second-order valence-electron chi connectivity index (χ2n) is 5.16. The van der Waals surface area contributed by atoms with Crippen LogP contribution in [0.3, 0.4) is 0 Å². The quantitative estimate of drug-likeness (QED) is 0.650. The molecule has 0 saturated heterocycles. The third-order valence-electron chi connectivity index (χ3n) is 3.37. The number of benzene rings is 1. The molecule has 0 aliphatic carbocycles. The number of hydrogen-bond acceptors (Lipinski definition) is 3. The smallest absolute Gasteiger partial charge is 0.0471 e. The summed E-state index contributed by atoms with van der Waals surface area (Å²) in [5.41, 5.74) is 2.30. The fourth-order valence-electron chi connectivity index (χ4n) is 2.08. The summed E-state index contributed by atoms with van der Waals surface area (Å²) >= 11 is 6.34. The highest BCUT2D eigenvalue weighted by molar-refractivity contribution is 6.31. The molecule has 20 heavy (non-hydrogen) atoms. The number of halogens is 1. The third kappa shape index (κ3) is 6.12. The first-order valence-electron chi connectivity index (χ1n) is 7.50. The van der Waals surface area contributed by atoms with E-state index in [-0.39, 0.29) is 6.61 Å². The molecule has 0 bridgehead atoms. The first-order chi connectivity index (χ1) is 9.69. The molecule has 0 amide bonds. The molecule has 0 unspecified atom stereocenters. The van der Waals surface area contributed by atoms with Crippen molar-refractivity contribution in [1.29, 1.82) is 0 Å². The first-order valence-corrected chi connectivity index (χ1v) is 7.88. The normalized spacial score (nSPS) is 10.8. The second kappa shape index (κ2) is 10.0. The molecule has 0 saturated carbocycles. The molecule has 1 aromatic rings. The van der Waals surface area contributed by atoms with E-state index in [1.807, 2.05) is 6.07 Å². The van der Waals surface area contributed by atoms with Crippen molar-refractivity contribution in [2.24, 2.45) is 0 Å². The number of rotatable bonds is 10. The van der Waals surface area contributed by atoms with Crippen molar-refractivity contribution in [2.75, 3.05) is 31.6 Å². The summed E-state index contributed by atoms with van der Waals surface area (Å²) in [6.45, 7) is 5.28. The van der Waals surface area contributed by atoms with Crippen molar-refractivity contribution in [3.05, 3.63) is 28.8 Å². The summed E-state index contributed by atoms with van der Waals surface area (Å²) in [6, 6.07) is 6.27. The van der Waals surface area contributed by atoms with Gasteiger partial charge in [0.2, 0.25) is 0 Å². The van der Waals surface area contributed by atoms with Gasteiger partial charge in [0.05, 0.1) is 0 Å². The fraction of sp³-hybridized carbons (Fsp3) is 0.625. The summed E-state index contributed by atoms with van der Waals surface area (Å²) in [6.07, 6.45) is 4.17. The summed E-state index contributed by atoms with van der Waals surface area (Å²) in [5, 5.41) is 13.0. The molecule has 0 radical (unpaired) electrons. The van der Waals surface area contributed by atoms with Gasteiger partial charge in [-0.15, -0.1) is 0 Å². The van der Waals surface area contributed by atoms with Gasteiger partial charge in [-0.3, -0.25) is 0 Å². The van der Waals surface area contributed by atoms with Crippen LogP contribution >= 0.6 is 11.6 Å². The van der Waals surface area contributed by atoms with Gasteiger partial charge in [-0.05, 0) is 49.9 Å². The van der Waals surface area contributed by atoms with Crippen LogP contribution in [-0.2, 0) is 6.54 Å². The van der Waals surface area contributed by atoms with Crippen LogP contribution in [0.2, 0.25) is 5.02 Å². The lowest BCUT2D eigenvalue weighted by Gasteiger charge is -2.20. The third-order valence-corrected chi connectivity index (χ3v) is 3.72. The number of nitrogens with one attached hydrogen (secondary N) is 1. The van der Waals surface area contributed by atoms with Crippen molar-refractivity contribution in [1.82, 2.24) is 5.32 Å². The highest BCUT2D eigenvalue weighted by atomic mass is 35.5. The van der Waals surface area contributed by atoms with Gasteiger partial charge in [-0.25, -0.2) is 0 Å². The Morgan fingerprint density at radius 1 is 1.25 bits per heavy atom. The van der Waals surface area contributed by atoms with Gasteiger partial charge in [0.1, 0.15) is 0 Å². The van der Waals surface area contributed by atoms with Gasteiger partial charge in [-0.2, -0.15) is 0 Å². The predicted octanol–water partition coefficient (Wildman–Crippen LogP) is 3.44. The Morgan fingerprint density at radius 3 is 2.70 bits per heavy atom. The molecule has 114 valence electrons. The number of nitrogens with zero attached hydrogens (tertiary/aromatic N) is 1. The zero-order chi connectivity index (χ0) is 14.8. The van der Waals surface area contributed by atoms with Crippen LogP contribution < -0.4 is 10.2 Å². The molecule has 2 N–H and O–H groups in total.